The zero-order chi connectivity index (χ0) is 14.8. The second kappa shape index (κ2) is 6.28. The van der Waals surface area contributed by atoms with E-state index in [0.717, 1.165) is 38.8 Å². The highest BCUT2D eigenvalue weighted by Gasteiger charge is 2.40. The summed E-state index contributed by atoms with van der Waals surface area (Å²) in [6.07, 6.45) is 7.41. The zero-order valence-corrected chi connectivity index (χ0v) is 13.3. The average Bonchev–Trinajstić information content (AvgIpc) is 2.47. The van der Waals surface area contributed by atoms with Crippen molar-refractivity contribution < 1.29 is 9.59 Å². The fraction of sp³-hybridized carbons (Fsp3) is 0.882. The van der Waals surface area contributed by atoms with Crippen LogP contribution in [-0.4, -0.2) is 29.7 Å². The van der Waals surface area contributed by atoms with E-state index in [4.69, 9.17) is 0 Å². The molecule has 0 unspecified atom stereocenters. The number of Topliss-reactive ketones (excluding diaryl/α,β-unsaturated/α-hetero) is 1. The first-order chi connectivity index (χ1) is 9.47. The van der Waals surface area contributed by atoms with Crippen molar-refractivity contribution in [3.05, 3.63) is 0 Å². The summed E-state index contributed by atoms with van der Waals surface area (Å²) in [5.74, 6) is 1.23. The van der Waals surface area contributed by atoms with E-state index < -0.39 is 0 Å². The molecule has 2 rings (SSSR count). The van der Waals surface area contributed by atoms with Gasteiger partial charge in [0.1, 0.15) is 5.78 Å². The van der Waals surface area contributed by atoms with Crippen LogP contribution in [0.1, 0.15) is 65.7 Å². The van der Waals surface area contributed by atoms with Crippen LogP contribution in [0.15, 0.2) is 0 Å². The van der Waals surface area contributed by atoms with Crippen molar-refractivity contribution in [3.63, 3.8) is 0 Å². The van der Waals surface area contributed by atoms with Crippen LogP contribution < -0.4 is 0 Å². The average molecular weight is 279 g/mol. The van der Waals surface area contributed by atoms with Crippen LogP contribution in [-0.2, 0) is 9.59 Å². The number of hydrogen-bond acceptors (Lipinski definition) is 2. The Balaban J connectivity index is 1.85. The number of nitrogens with zero attached hydrogens (tertiary/aromatic N) is 1. The Morgan fingerprint density at radius 2 is 1.65 bits per heavy atom. The standard InChI is InChI=1S/C17H29NO2/c1-4-15(19)18-11-9-17(10-12-18)7-5-14(6-8-17)16(20)13(2)3/h13-14H,4-12H2,1-3H3. The molecule has 0 atom stereocenters. The van der Waals surface area contributed by atoms with Crippen LogP contribution in [0.2, 0.25) is 0 Å². The molecule has 2 aliphatic rings. The van der Waals surface area contributed by atoms with Gasteiger partial charge in [-0.15, -0.1) is 0 Å². The van der Waals surface area contributed by atoms with Crippen molar-refractivity contribution in [1.82, 2.24) is 4.90 Å². The van der Waals surface area contributed by atoms with E-state index in [1.165, 1.54) is 12.8 Å². The maximum absolute atomic E-state index is 12.1. The van der Waals surface area contributed by atoms with Crippen molar-refractivity contribution in [2.75, 3.05) is 13.1 Å². The molecule has 3 heteroatoms. The van der Waals surface area contributed by atoms with Gasteiger partial charge in [-0.3, -0.25) is 9.59 Å². The lowest BCUT2D eigenvalue weighted by molar-refractivity contribution is -0.134. The van der Waals surface area contributed by atoms with Crippen LogP contribution in [0.3, 0.4) is 0 Å². The predicted molar refractivity (Wildman–Crippen MR) is 80.3 cm³/mol. The molecule has 0 N–H and O–H groups in total. The second-order valence-electron chi connectivity index (χ2n) is 7.07. The van der Waals surface area contributed by atoms with Gasteiger partial charge in [0.05, 0.1) is 0 Å². The molecule has 1 heterocycles. The molecule has 114 valence electrons. The molecular weight excluding hydrogens is 250 g/mol. The molecule has 1 saturated heterocycles. The van der Waals surface area contributed by atoms with Crippen LogP contribution in [0, 0.1) is 17.3 Å². The molecule has 2 fully saturated rings. The minimum atomic E-state index is 0.179. The number of carbonyl (C=O) groups is 2. The molecule has 1 aliphatic heterocycles. The third-order valence-electron chi connectivity index (χ3n) is 5.50. The first-order valence-corrected chi connectivity index (χ1v) is 8.29. The smallest absolute Gasteiger partial charge is 0.222 e. The highest BCUT2D eigenvalue weighted by Crippen LogP contribution is 2.46. The number of amides is 1. The third-order valence-corrected chi connectivity index (χ3v) is 5.50. The summed E-state index contributed by atoms with van der Waals surface area (Å²) in [5.41, 5.74) is 0.429. The van der Waals surface area contributed by atoms with Crippen LogP contribution in [0.5, 0.6) is 0 Å². The molecule has 0 aromatic rings. The SMILES string of the molecule is CCC(=O)N1CCC2(CCC(C(=O)C(C)C)CC2)CC1. The fourth-order valence-corrected chi connectivity index (χ4v) is 3.94. The molecule has 1 amide bonds. The fourth-order valence-electron chi connectivity index (χ4n) is 3.94. The minimum absolute atomic E-state index is 0.179. The Bertz CT molecular complexity index is 357. The van der Waals surface area contributed by atoms with E-state index in [2.05, 4.69) is 0 Å². The van der Waals surface area contributed by atoms with Gasteiger partial charge < -0.3 is 4.90 Å². The molecule has 20 heavy (non-hydrogen) atoms. The van der Waals surface area contributed by atoms with E-state index in [0.29, 0.717) is 29.4 Å². The van der Waals surface area contributed by atoms with Crippen LogP contribution in [0.25, 0.3) is 0 Å². The lowest BCUT2D eigenvalue weighted by Gasteiger charge is -2.46. The molecule has 1 spiro atoms. The second-order valence-corrected chi connectivity index (χ2v) is 7.07. The molecular formula is C17H29NO2. The summed E-state index contributed by atoms with van der Waals surface area (Å²) in [7, 11) is 0. The first kappa shape index (κ1) is 15.5. The maximum Gasteiger partial charge on any atom is 0.222 e. The van der Waals surface area contributed by atoms with Gasteiger partial charge in [-0.25, -0.2) is 0 Å². The van der Waals surface area contributed by atoms with Gasteiger partial charge >= 0.3 is 0 Å². The Hall–Kier alpha value is -0.860. The summed E-state index contributed by atoms with van der Waals surface area (Å²) >= 11 is 0. The highest BCUT2D eigenvalue weighted by molar-refractivity contribution is 5.82. The number of likely N-dealkylation sites (tertiary alicyclic amines) is 1. The highest BCUT2D eigenvalue weighted by atomic mass is 16.2. The van der Waals surface area contributed by atoms with Gasteiger partial charge in [-0.2, -0.15) is 0 Å². The Morgan fingerprint density at radius 1 is 1.10 bits per heavy atom. The van der Waals surface area contributed by atoms with Crippen LogP contribution in [0.4, 0.5) is 0 Å². The molecule has 1 aliphatic carbocycles. The summed E-state index contributed by atoms with van der Waals surface area (Å²) in [6.45, 7) is 7.82. The number of carbonyl (C=O) groups excluding carboxylic acids is 2. The van der Waals surface area contributed by atoms with Crippen molar-refractivity contribution in [3.8, 4) is 0 Å². The van der Waals surface area contributed by atoms with E-state index in [1.54, 1.807) is 0 Å². The number of rotatable bonds is 3. The zero-order valence-electron chi connectivity index (χ0n) is 13.3. The van der Waals surface area contributed by atoms with Gasteiger partial charge in [0.2, 0.25) is 5.91 Å². The lowest BCUT2D eigenvalue weighted by atomic mass is 9.64. The Kier molecular flexibility index (Phi) is 4.87. The minimum Gasteiger partial charge on any atom is -0.343 e. The van der Waals surface area contributed by atoms with Gasteiger partial charge in [0.25, 0.3) is 0 Å². The Labute approximate surface area is 123 Å². The molecule has 0 aromatic carbocycles. The van der Waals surface area contributed by atoms with Gasteiger partial charge in [-0.1, -0.05) is 20.8 Å². The van der Waals surface area contributed by atoms with Crippen molar-refractivity contribution in [2.24, 2.45) is 17.3 Å². The van der Waals surface area contributed by atoms with E-state index >= 15 is 0 Å². The number of ketones is 1. The maximum atomic E-state index is 12.1. The lowest BCUT2D eigenvalue weighted by Crippen LogP contribution is -2.44. The molecule has 0 aromatic heterocycles. The molecule has 1 saturated carbocycles. The molecule has 0 bridgehead atoms. The van der Waals surface area contributed by atoms with E-state index in [9.17, 15) is 9.59 Å². The molecule has 0 radical (unpaired) electrons. The first-order valence-electron chi connectivity index (χ1n) is 8.29. The van der Waals surface area contributed by atoms with Crippen molar-refractivity contribution in [1.29, 1.82) is 0 Å². The predicted octanol–water partition coefficient (Wildman–Crippen LogP) is 3.42. The number of hydrogen-bond donors (Lipinski definition) is 0. The summed E-state index contributed by atoms with van der Waals surface area (Å²) in [6, 6.07) is 0. The van der Waals surface area contributed by atoms with Crippen molar-refractivity contribution >= 4 is 11.7 Å². The monoisotopic (exact) mass is 279 g/mol. The Morgan fingerprint density at radius 3 is 2.10 bits per heavy atom. The van der Waals surface area contributed by atoms with Gasteiger partial charge in [0, 0.05) is 31.3 Å². The van der Waals surface area contributed by atoms with Crippen molar-refractivity contribution in [2.45, 2.75) is 65.7 Å². The normalized spacial score (nSPS) is 23.3. The summed E-state index contributed by atoms with van der Waals surface area (Å²) in [4.78, 5) is 25.9. The largest absolute Gasteiger partial charge is 0.343 e. The van der Waals surface area contributed by atoms with E-state index in [1.807, 2.05) is 25.7 Å². The quantitative estimate of drug-likeness (QED) is 0.794. The number of piperidine rings is 1. The summed E-state index contributed by atoms with van der Waals surface area (Å²) in [5, 5.41) is 0. The van der Waals surface area contributed by atoms with Gasteiger partial charge in [0.15, 0.2) is 0 Å². The third kappa shape index (κ3) is 3.24. The topological polar surface area (TPSA) is 37.4 Å². The van der Waals surface area contributed by atoms with E-state index in [-0.39, 0.29) is 5.92 Å². The van der Waals surface area contributed by atoms with Gasteiger partial charge in [-0.05, 0) is 43.9 Å². The molecule has 3 nitrogen and oxygen atoms in total. The summed E-state index contributed by atoms with van der Waals surface area (Å²) < 4.78 is 0. The van der Waals surface area contributed by atoms with Crippen LogP contribution >= 0.6 is 0 Å².